The summed E-state index contributed by atoms with van der Waals surface area (Å²) < 4.78 is 2.29. The molecule has 0 aliphatic carbocycles. The first-order chi connectivity index (χ1) is 12.8. The monoisotopic (exact) mass is 364 g/mol. The second-order valence-electron chi connectivity index (χ2n) is 6.84. The molecule has 1 N–H and O–H groups in total. The highest BCUT2D eigenvalue weighted by Gasteiger charge is 2.24. The summed E-state index contributed by atoms with van der Waals surface area (Å²) in [6.07, 6.45) is 2.34. The van der Waals surface area contributed by atoms with Crippen LogP contribution in [0.2, 0.25) is 0 Å². The first-order valence-electron chi connectivity index (χ1n) is 9.18. The summed E-state index contributed by atoms with van der Waals surface area (Å²) in [6.45, 7) is 4.00. The molecule has 1 aliphatic rings. The van der Waals surface area contributed by atoms with Crippen molar-refractivity contribution >= 4 is 11.8 Å². The quantitative estimate of drug-likeness (QED) is 0.660. The van der Waals surface area contributed by atoms with Gasteiger partial charge in [-0.1, -0.05) is 71.9 Å². The molecular formula is C21H24N4S. The Morgan fingerprint density at radius 1 is 1.04 bits per heavy atom. The molecule has 134 valence electrons. The summed E-state index contributed by atoms with van der Waals surface area (Å²) in [5, 5.41) is 13.6. The normalized spacial score (nSPS) is 16.9. The predicted molar refractivity (Wildman–Crippen MR) is 106 cm³/mol. The lowest BCUT2D eigenvalue weighted by molar-refractivity contribution is 0.550. The standard InChI is InChI=1S/C21H24N4S/c1-16-9-11-18(12-10-16)15-26-21-24-23-20(19-8-5-13-22-19)25(21)14-17-6-3-2-4-7-17/h2-4,6-7,9-12,19,22H,5,8,13-15H2,1H3. The molecule has 1 unspecified atom stereocenters. The molecule has 1 aromatic heterocycles. The van der Waals surface area contributed by atoms with Gasteiger partial charge in [0.25, 0.3) is 0 Å². The first-order valence-corrected chi connectivity index (χ1v) is 10.2. The highest BCUT2D eigenvalue weighted by molar-refractivity contribution is 7.98. The molecule has 0 spiro atoms. The third-order valence-corrected chi connectivity index (χ3v) is 5.83. The molecule has 5 heteroatoms. The minimum atomic E-state index is 0.319. The second kappa shape index (κ2) is 8.06. The molecule has 26 heavy (non-hydrogen) atoms. The summed E-state index contributed by atoms with van der Waals surface area (Å²) in [6, 6.07) is 19.6. The number of nitrogens with one attached hydrogen (secondary N) is 1. The molecule has 4 rings (SSSR count). The van der Waals surface area contributed by atoms with E-state index in [-0.39, 0.29) is 0 Å². The van der Waals surface area contributed by atoms with Gasteiger partial charge in [0.1, 0.15) is 0 Å². The maximum atomic E-state index is 4.55. The van der Waals surface area contributed by atoms with E-state index < -0.39 is 0 Å². The number of thioether (sulfide) groups is 1. The Hall–Kier alpha value is -2.11. The van der Waals surface area contributed by atoms with E-state index >= 15 is 0 Å². The second-order valence-corrected chi connectivity index (χ2v) is 7.78. The van der Waals surface area contributed by atoms with Gasteiger partial charge in [-0.25, -0.2) is 0 Å². The van der Waals surface area contributed by atoms with Crippen LogP contribution in [0.4, 0.5) is 0 Å². The Morgan fingerprint density at radius 2 is 1.85 bits per heavy atom. The van der Waals surface area contributed by atoms with Crippen molar-refractivity contribution in [2.24, 2.45) is 0 Å². The van der Waals surface area contributed by atoms with E-state index in [0.717, 1.165) is 36.2 Å². The SMILES string of the molecule is Cc1ccc(CSc2nnc(C3CCCN3)n2Cc2ccccc2)cc1. The molecule has 3 aromatic rings. The Morgan fingerprint density at radius 3 is 2.58 bits per heavy atom. The van der Waals surface area contributed by atoms with Gasteiger partial charge in [0.15, 0.2) is 11.0 Å². The summed E-state index contributed by atoms with van der Waals surface area (Å²) in [7, 11) is 0. The predicted octanol–water partition coefficient (Wildman–Crippen LogP) is 4.35. The number of nitrogens with zero attached hydrogens (tertiary/aromatic N) is 3. The minimum Gasteiger partial charge on any atom is -0.307 e. The van der Waals surface area contributed by atoms with Crippen molar-refractivity contribution in [1.29, 1.82) is 0 Å². The van der Waals surface area contributed by atoms with Crippen LogP contribution in [0.3, 0.4) is 0 Å². The van der Waals surface area contributed by atoms with Gasteiger partial charge in [0.2, 0.25) is 0 Å². The first kappa shape index (κ1) is 17.3. The van der Waals surface area contributed by atoms with Crippen LogP contribution in [-0.4, -0.2) is 21.3 Å². The van der Waals surface area contributed by atoms with E-state index in [4.69, 9.17) is 0 Å². The van der Waals surface area contributed by atoms with E-state index in [0.29, 0.717) is 6.04 Å². The number of hydrogen-bond donors (Lipinski definition) is 1. The molecule has 0 bridgehead atoms. The maximum Gasteiger partial charge on any atom is 0.191 e. The van der Waals surface area contributed by atoms with Gasteiger partial charge in [-0.05, 0) is 37.4 Å². The zero-order valence-corrected chi connectivity index (χ0v) is 15.9. The van der Waals surface area contributed by atoms with E-state index in [1.54, 1.807) is 11.8 Å². The average Bonchev–Trinajstić information content (AvgIpc) is 3.32. The Labute approximate surface area is 159 Å². The molecule has 0 radical (unpaired) electrons. The number of rotatable bonds is 6. The van der Waals surface area contributed by atoms with Gasteiger partial charge in [-0.15, -0.1) is 10.2 Å². The Kier molecular flexibility index (Phi) is 5.37. The zero-order valence-electron chi connectivity index (χ0n) is 15.1. The van der Waals surface area contributed by atoms with E-state index in [1.807, 2.05) is 0 Å². The lowest BCUT2D eigenvalue weighted by atomic mass is 10.2. The fourth-order valence-electron chi connectivity index (χ4n) is 3.32. The van der Waals surface area contributed by atoms with Crippen molar-refractivity contribution in [3.05, 3.63) is 77.1 Å². The summed E-state index contributed by atoms with van der Waals surface area (Å²) in [5.74, 6) is 1.98. The molecule has 0 saturated carbocycles. The fraction of sp³-hybridized carbons (Fsp3) is 0.333. The van der Waals surface area contributed by atoms with Crippen LogP contribution in [0.5, 0.6) is 0 Å². The zero-order chi connectivity index (χ0) is 17.8. The van der Waals surface area contributed by atoms with Crippen LogP contribution in [0.1, 0.15) is 41.4 Å². The van der Waals surface area contributed by atoms with Gasteiger partial charge >= 0.3 is 0 Å². The molecule has 1 fully saturated rings. The lowest BCUT2D eigenvalue weighted by Crippen LogP contribution is -2.19. The van der Waals surface area contributed by atoms with Crippen molar-refractivity contribution in [3.63, 3.8) is 0 Å². The summed E-state index contributed by atoms with van der Waals surface area (Å²) in [5.41, 5.74) is 3.89. The van der Waals surface area contributed by atoms with Crippen LogP contribution in [0, 0.1) is 6.92 Å². The fourth-order valence-corrected chi connectivity index (χ4v) is 4.22. The highest BCUT2D eigenvalue weighted by atomic mass is 32.2. The van der Waals surface area contributed by atoms with E-state index in [9.17, 15) is 0 Å². The number of benzene rings is 2. The van der Waals surface area contributed by atoms with Crippen molar-refractivity contribution < 1.29 is 0 Å². The topological polar surface area (TPSA) is 42.7 Å². The van der Waals surface area contributed by atoms with Crippen LogP contribution >= 0.6 is 11.8 Å². The van der Waals surface area contributed by atoms with Gasteiger partial charge < -0.3 is 9.88 Å². The van der Waals surface area contributed by atoms with Gasteiger partial charge in [-0.3, -0.25) is 0 Å². The van der Waals surface area contributed by atoms with Crippen LogP contribution in [0.25, 0.3) is 0 Å². The molecular weight excluding hydrogens is 340 g/mol. The third-order valence-electron chi connectivity index (χ3n) is 4.79. The van der Waals surface area contributed by atoms with Crippen molar-refractivity contribution in [2.75, 3.05) is 6.54 Å². The van der Waals surface area contributed by atoms with Crippen molar-refractivity contribution in [1.82, 2.24) is 20.1 Å². The third kappa shape index (κ3) is 4.00. The highest BCUT2D eigenvalue weighted by Crippen LogP contribution is 2.28. The number of aryl methyl sites for hydroxylation is 1. The maximum absolute atomic E-state index is 4.55. The molecule has 1 aliphatic heterocycles. The van der Waals surface area contributed by atoms with Crippen LogP contribution in [0.15, 0.2) is 59.8 Å². The molecule has 2 aromatic carbocycles. The molecule has 4 nitrogen and oxygen atoms in total. The minimum absolute atomic E-state index is 0.319. The van der Waals surface area contributed by atoms with Gasteiger partial charge in [0, 0.05) is 5.75 Å². The number of aromatic nitrogens is 3. The molecule has 1 atom stereocenters. The molecule has 0 amide bonds. The molecule has 1 saturated heterocycles. The van der Waals surface area contributed by atoms with Crippen LogP contribution in [-0.2, 0) is 12.3 Å². The van der Waals surface area contributed by atoms with Crippen molar-refractivity contribution in [2.45, 2.75) is 43.3 Å². The largest absolute Gasteiger partial charge is 0.307 e. The van der Waals surface area contributed by atoms with Gasteiger partial charge in [0.05, 0.1) is 12.6 Å². The van der Waals surface area contributed by atoms with Crippen LogP contribution < -0.4 is 5.32 Å². The summed E-state index contributed by atoms with van der Waals surface area (Å²) in [4.78, 5) is 0. The number of hydrogen-bond acceptors (Lipinski definition) is 4. The van der Waals surface area contributed by atoms with E-state index in [2.05, 4.69) is 81.6 Å². The molecule has 2 heterocycles. The Balaban J connectivity index is 1.57. The van der Waals surface area contributed by atoms with Crippen molar-refractivity contribution in [3.8, 4) is 0 Å². The summed E-state index contributed by atoms with van der Waals surface area (Å²) >= 11 is 1.77. The average molecular weight is 365 g/mol. The smallest absolute Gasteiger partial charge is 0.191 e. The lowest BCUT2D eigenvalue weighted by Gasteiger charge is -2.14. The Bertz CT molecular complexity index is 836. The van der Waals surface area contributed by atoms with E-state index in [1.165, 1.54) is 23.1 Å². The van der Waals surface area contributed by atoms with Gasteiger partial charge in [-0.2, -0.15) is 0 Å².